The fraction of sp³-hybridized carbons (Fsp3) is 0.538. The highest BCUT2D eigenvalue weighted by Gasteiger charge is 2.32. The van der Waals surface area contributed by atoms with Gasteiger partial charge in [-0.25, -0.2) is 0 Å². The summed E-state index contributed by atoms with van der Waals surface area (Å²) in [5, 5.41) is 0. The Bertz CT molecular complexity index is 398. The van der Waals surface area contributed by atoms with Gasteiger partial charge >= 0.3 is 6.18 Å². The predicted octanol–water partition coefficient (Wildman–Crippen LogP) is 4.12. The molecule has 0 aromatic heterocycles. The molecule has 0 heterocycles. The lowest BCUT2D eigenvalue weighted by Crippen LogP contribution is -2.15. The number of hydrogen-bond donors (Lipinski definition) is 0. The molecule has 4 heteroatoms. The molecule has 0 aliphatic heterocycles. The normalized spacial score (nSPS) is 20.1. The molecule has 0 spiro atoms. The SMILES string of the molecule is CCOC1CCCc2cc(C(F)(F)F)ccc21. The summed E-state index contributed by atoms with van der Waals surface area (Å²) < 4.78 is 43.3. The molecule has 1 aliphatic carbocycles. The third-order valence-electron chi connectivity index (χ3n) is 3.10. The zero-order valence-electron chi connectivity index (χ0n) is 9.68. The Kier molecular flexibility index (Phi) is 3.43. The molecule has 0 N–H and O–H groups in total. The first-order valence-electron chi connectivity index (χ1n) is 5.84. The topological polar surface area (TPSA) is 9.23 Å². The van der Waals surface area contributed by atoms with Crippen molar-refractivity contribution in [2.24, 2.45) is 0 Å². The fourth-order valence-electron chi connectivity index (χ4n) is 2.32. The molecule has 0 saturated carbocycles. The van der Waals surface area contributed by atoms with Gasteiger partial charge in [0.25, 0.3) is 0 Å². The van der Waals surface area contributed by atoms with Crippen LogP contribution in [0.2, 0.25) is 0 Å². The van der Waals surface area contributed by atoms with Crippen molar-refractivity contribution >= 4 is 0 Å². The largest absolute Gasteiger partial charge is 0.416 e. The lowest BCUT2D eigenvalue weighted by Gasteiger charge is -2.26. The van der Waals surface area contributed by atoms with E-state index in [0.29, 0.717) is 13.0 Å². The average Bonchev–Trinajstić information content (AvgIpc) is 2.28. The van der Waals surface area contributed by atoms with Gasteiger partial charge in [-0.3, -0.25) is 0 Å². The van der Waals surface area contributed by atoms with Crippen molar-refractivity contribution in [3.63, 3.8) is 0 Å². The van der Waals surface area contributed by atoms with Crippen molar-refractivity contribution in [3.05, 3.63) is 34.9 Å². The predicted molar refractivity (Wildman–Crippen MR) is 58.7 cm³/mol. The first-order chi connectivity index (χ1) is 8.02. The molecule has 1 aliphatic rings. The van der Waals surface area contributed by atoms with E-state index in [4.69, 9.17) is 4.74 Å². The molecule has 17 heavy (non-hydrogen) atoms. The number of rotatable bonds is 2. The Balaban J connectivity index is 2.33. The van der Waals surface area contributed by atoms with E-state index < -0.39 is 11.7 Å². The molecule has 1 aromatic rings. The molecule has 0 amide bonds. The van der Waals surface area contributed by atoms with Gasteiger partial charge in [0, 0.05) is 6.61 Å². The number of benzene rings is 1. The van der Waals surface area contributed by atoms with Crippen LogP contribution in [0.1, 0.15) is 42.6 Å². The Morgan fingerprint density at radius 3 is 2.76 bits per heavy atom. The third kappa shape index (κ3) is 2.63. The Hall–Kier alpha value is -1.03. The first-order valence-corrected chi connectivity index (χ1v) is 5.84. The van der Waals surface area contributed by atoms with E-state index in [-0.39, 0.29) is 6.10 Å². The van der Waals surface area contributed by atoms with Gasteiger partial charge in [-0.05, 0) is 49.4 Å². The van der Waals surface area contributed by atoms with Gasteiger partial charge in [0.15, 0.2) is 0 Å². The maximum absolute atomic E-state index is 12.6. The fourth-order valence-corrected chi connectivity index (χ4v) is 2.32. The number of hydrogen-bond acceptors (Lipinski definition) is 1. The molecule has 0 bridgehead atoms. The molecule has 0 saturated heterocycles. The molecule has 1 atom stereocenters. The van der Waals surface area contributed by atoms with Gasteiger partial charge in [0.2, 0.25) is 0 Å². The number of fused-ring (bicyclic) bond motifs is 1. The van der Waals surface area contributed by atoms with Gasteiger partial charge in [0.05, 0.1) is 11.7 Å². The summed E-state index contributed by atoms with van der Waals surface area (Å²) in [6.45, 7) is 2.49. The minimum absolute atomic E-state index is 0.0361. The minimum Gasteiger partial charge on any atom is -0.374 e. The van der Waals surface area contributed by atoms with Gasteiger partial charge in [-0.2, -0.15) is 13.2 Å². The van der Waals surface area contributed by atoms with Crippen molar-refractivity contribution < 1.29 is 17.9 Å². The summed E-state index contributed by atoms with van der Waals surface area (Å²) in [4.78, 5) is 0. The monoisotopic (exact) mass is 244 g/mol. The lowest BCUT2D eigenvalue weighted by atomic mass is 9.88. The Morgan fingerprint density at radius 2 is 2.12 bits per heavy atom. The van der Waals surface area contributed by atoms with Crippen molar-refractivity contribution in [2.45, 2.75) is 38.5 Å². The van der Waals surface area contributed by atoms with E-state index in [0.717, 1.165) is 30.0 Å². The average molecular weight is 244 g/mol. The van der Waals surface area contributed by atoms with Crippen LogP contribution in [0.15, 0.2) is 18.2 Å². The van der Waals surface area contributed by atoms with Crippen LogP contribution in [0, 0.1) is 0 Å². The highest BCUT2D eigenvalue weighted by atomic mass is 19.4. The maximum atomic E-state index is 12.6. The van der Waals surface area contributed by atoms with Crippen LogP contribution < -0.4 is 0 Å². The number of aryl methyl sites for hydroxylation is 1. The molecule has 1 nitrogen and oxygen atoms in total. The quantitative estimate of drug-likeness (QED) is 0.760. The van der Waals surface area contributed by atoms with Crippen LogP contribution in [0.25, 0.3) is 0 Å². The van der Waals surface area contributed by atoms with Crippen LogP contribution in [0.5, 0.6) is 0 Å². The number of alkyl halides is 3. The van der Waals surface area contributed by atoms with Crippen LogP contribution in [0.4, 0.5) is 13.2 Å². The lowest BCUT2D eigenvalue weighted by molar-refractivity contribution is -0.137. The maximum Gasteiger partial charge on any atom is 0.416 e. The Morgan fingerprint density at radius 1 is 1.35 bits per heavy atom. The molecule has 1 unspecified atom stereocenters. The van der Waals surface area contributed by atoms with Crippen molar-refractivity contribution in [3.8, 4) is 0 Å². The molecular weight excluding hydrogens is 229 g/mol. The van der Waals surface area contributed by atoms with Gasteiger partial charge in [0.1, 0.15) is 0 Å². The first kappa shape index (κ1) is 12.4. The third-order valence-corrected chi connectivity index (χ3v) is 3.10. The summed E-state index contributed by atoms with van der Waals surface area (Å²) in [6, 6.07) is 3.98. The summed E-state index contributed by atoms with van der Waals surface area (Å²) in [5.41, 5.74) is 1.14. The van der Waals surface area contributed by atoms with Crippen molar-refractivity contribution in [1.82, 2.24) is 0 Å². The zero-order chi connectivity index (χ0) is 12.5. The van der Waals surface area contributed by atoms with E-state index in [1.807, 2.05) is 6.92 Å². The molecule has 1 aromatic carbocycles. The molecule has 0 fully saturated rings. The highest BCUT2D eigenvalue weighted by Crippen LogP contribution is 2.36. The second-order valence-electron chi connectivity index (χ2n) is 4.25. The summed E-state index contributed by atoms with van der Waals surface area (Å²) in [6.07, 6.45) is -1.80. The zero-order valence-corrected chi connectivity index (χ0v) is 9.68. The smallest absolute Gasteiger partial charge is 0.374 e. The van der Waals surface area contributed by atoms with E-state index in [1.54, 1.807) is 6.07 Å². The van der Waals surface area contributed by atoms with Gasteiger partial charge < -0.3 is 4.74 Å². The van der Waals surface area contributed by atoms with Crippen LogP contribution >= 0.6 is 0 Å². The second-order valence-corrected chi connectivity index (χ2v) is 4.25. The molecular formula is C13H15F3O. The van der Waals surface area contributed by atoms with Crippen LogP contribution in [0.3, 0.4) is 0 Å². The standard InChI is InChI=1S/C13H15F3O/c1-2-17-12-5-3-4-9-8-10(13(14,15)16)6-7-11(9)12/h6-8,12H,2-5H2,1H3. The van der Waals surface area contributed by atoms with Gasteiger partial charge in [-0.15, -0.1) is 0 Å². The van der Waals surface area contributed by atoms with Crippen LogP contribution in [-0.4, -0.2) is 6.61 Å². The number of halogens is 3. The van der Waals surface area contributed by atoms with E-state index >= 15 is 0 Å². The number of ether oxygens (including phenoxy) is 1. The highest BCUT2D eigenvalue weighted by molar-refractivity contribution is 5.36. The van der Waals surface area contributed by atoms with E-state index in [9.17, 15) is 13.2 Å². The molecule has 94 valence electrons. The van der Waals surface area contributed by atoms with Gasteiger partial charge in [-0.1, -0.05) is 6.07 Å². The summed E-state index contributed by atoms with van der Waals surface area (Å²) >= 11 is 0. The molecule has 0 radical (unpaired) electrons. The van der Waals surface area contributed by atoms with Crippen LogP contribution in [-0.2, 0) is 17.3 Å². The second kappa shape index (κ2) is 4.69. The van der Waals surface area contributed by atoms with E-state index in [1.165, 1.54) is 6.07 Å². The van der Waals surface area contributed by atoms with E-state index in [2.05, 4.69) is 0 Å². The summed E-state index contributed by atoms with van der Waals surface area (Å²) in [5.74, 6) is 0. The van der Waals surface area contributed by atoms with Crippen molar-refractivity contribution in [2.75, 3.05) is 6.61 Å². The van der Waals surface area contributed by atoms with Crippen molar-refractivity contribution in [1.29, 1.82) is 0 Å². The molecule has 2 rings (SSSR count). The minimum atomic E-state index is -4.26. The Labute approximate surface area is 98.6 Å². The summed E-state index contributed by atoms with van der Waals surface area (Å²) in [7, 11) is 0.